The Hall–Kier alpha value is -2.21. The van der Waals surface area contributed by atoms with E-state index in [0.717, 1.165) is 19.5 Å². The minimum Gasteiger partial charge on any atom is -0.491 e. The number of hydrogen-bond donors (Lipinski definition) is 1. The molecule has 1 unspecified atom stereocenters. The molecule has 20 heavy (non-hydrogen) atoms. The standard InChI is InChI=1S/C14H15N3O3/c18-17(19)12-3-4-13(14-11(12)2-1-6-16-14)20-9-10-5-7-15-8-10/h1-4,6,10,15H,5,7-9H2. The monoisotopic (exact) mass is 273 g/mol. The molecule has 1 aliphatic heterocycles. The molecule has 6 nitrogen and oxygen atoms in total. The molecular weight excluding hydrogens is 258 g/mol. The van der Waals surface area contributed by atoms with Crippen molar-refractivity contribution in [2.75, 3.05) is 19.7 Å². The summed E-state index contributed by atoms with van der Waals surface area (Å²) in [7, 11) is 0. The zero-order chi connectivity index (χ0) is 13.9. The van der Waals surface area contributed by atoms with Gasteiger partial charge in [0.25, 0.3) is 5.69 Å². The molecule has 3 rings (SSSR count). The molecule has 0 amide bonds. The van der Waals surface area contributed by atoms with Crippen LogP contribution in [0.1, 0.15) is 6.42 Å². The molecule has 1 aliphatic rings. The Morgan fingerprint density at radius 1 is 1.45 bits per heavy atom. The van der Waals surface area contributed by atoms with E-state index in [4.69, 9.17) is 4.74 Å². The van der Waals surface area contributed by atoms with Gasteiger partial charge in [0.2, 0.25) is 0 Å². The molecule has 1 N–H and O–H groups in total. The summed E-state index contributed by atoms with van der Waals surface area (Å²) in [5, 5.41) is 14.8. The number of benzene rings is 1. The minimum atomic E-state index is -0.394. The van der Waals surface area contributed by atoms with E-state index in [-0.39, 0.29) is 5.69 Å². The molecule has 0 radical (unpaired) electrons. The van der Waals surface area contributed by atoms with Crippen molar-refractivity contribution in [2.45, 2.75) is 6.42 Å². The number of rotatable bonds is 4. The molecule has 1 aromatic heterocycles. The van der Waals surface area contributed by atoms with Crippen molar-refractivity contribution < 1.29 is 9.66 Å². The van der Waals surface area contributed by atoms with E-state index in [9.17, 15) is 10.1 Å². The maximum Gasteiger partial charge on any atom is 0.279 e. The summed E-state index contributed by atoms with van der Waals surface area (Å²) in [5.41, 5.74) is 0.607. The third kappa shape index (κ3) is 2.42. The molecule has 0 spiro atoms. The van der Waals surface area contributed by atoms with Crippen molar-refractivity contribution in [1.29, 1.82) is 0 Å². The van der Waals surface area contributed by atoms with Gasteiger partial charge in [0.15, 0.2) is 0 Å². The van der Waals surface area contributed by atoms with E-state index in [1.165, 1.54) is 6.07 Å². The number of hydrogen-bond acceptors (Lipinski definition) is 5. The molecule has 1 atom stereocenters. The lowest BCUT2D eigenvalue weighted by molar-refractivity contribution is -0.383. The first kappa shape index (κ1) is 12.8. The summed E-state index contributed by atoms with van der Waals surface area (Å²) in [4.78, 5) is 14.9. The van der Waals surface area contributed by atoms with Crippen molar-refractivity contribution >= 4 is 16.6 Å². The lowest BCUT2D eigenvalue weighted by Gasteiger charge is -2.12. The Morgan fingerprint density at radius 3 is 3.10 bits per heavy atom. The van der Waals surface area contributed by atoms with Crippen LogP contribution in [-0.2, 0) is 0 Å². The van der Waals surface area contributed by atoms with Crippen LogP contribution in [0, 0.1) is 16.0 Å². The maximum atomic E-state index is 11.0. The molecule has 0 bridgehead atoms. The smallest absolute Gasteiger partial charge is 0.279 e. The highest BCUT2D eigenvalue weighted by Crippen LogP contribution is 2.31. The van der Waals surface area contributed by atoms with Gasteiger partial charge in [-0.3, -0.25) is 15.1 Å². The van der Waals surface area contributed by atoms with Gasteiger partial charge in [0.1, 0.15) is 11.3 Å². The SMILES string of the molecule is O=[N+]([O-])c1ccc(OCC2CCNC2)c2ncccc12. The van der Waals surface area contributed by atoms with Crippen molar-refractivity contribution in [2.24, 2.45) is 5.92 Å². The Balaban J connectivity index is 1.91. The molecule has 0 saturated carbocycles. The zero-order valence-electron chi connectivity index (χ0n) is 10.9. The highest BCUT2D eigenvalue weighted by atomic mass is 16.6. The van der Waals surface area contributed by atoms with Crippen LogP contribution in [0.4, 0.5) is 5.69 Å². The second-order valence-electron chi connectivity index (χ2n) is 4.91. The van der Waals surface area contributed by atoms with Gasteiger partial charge in [-0.25, -0.2) is 0 Å². The number of pyridine rings is 1. The van der Waals surface area contributed by atoms with Gasteiger partial charge in [0, 0.05) is 24.7 Å². The number of nitro benzene ring substituents is 1. The lowest BCUT2D eigenvalue weighted by Crippen LogP contribution is -2.15. The van der Waals surface area contributed by atoms with Crippen LogP contribution in [-0.4, -0.2) is 29.6 Å². The summed E-state index contributed by atoms with van der Waals surface area (Å²) in [6, 6.07) is 6.51. The molecule has 1 fully saturated rings. The fourth-order valence-corrected chi connectivity index (χ4v) is 2.47. The Kier molecular flexibility index (Phi) is 3.47. The normalized spacial score (nSPS) is 18.3. The maximum absolute atomic E-state index is 11.0. The number of ether oxygens (including phenoxy) is 1. The molecule has 104 valence electrons. The van der Waals surface area contributed by atoms with Crippen molar-refractivity contribution in [1.82, 2.24) is 10.3 Å². The number of non-ortho nitro benzene ring substituents is 1. The summed E-state index contributed by atoms with van der Waals surface area (Å²) >= 11 is 0. The van der Waals surface area contributed by atoms with Crippen LogP contribution in [0.5, 0.6) is 5.75 Å². The molecule has 1 saturated heterocycles. The Morgan fingerprint density at radius 2 is 2.35 bits per heavy atom. The first-order chi connectivity index (χ1) is 9.75. The topological polar surface area (TPSA) is 77.3 Å². The van der Waals surface area contributed by atoms with E-state index >= 15 is 0 Å². The summed E-state index contributed by atoms with van der Waals surface area (Å²) in [5.74, 6) is 1.10. The number of nitro groups is 1. The third-order valence-corrected chi connectivity index (χ3v) is 3.54. The van der Waals surface area contributed by atoms with Crippen LogP contribution < -0.4 is 10.1 Å². The van der Waals surface area contributed by atoms with Gasteiger partial charge >= 0.3 is 0 Å². The zero-order valence-corrected chi connectivity index (χ0v) is 10.9. The van der Waals surface area contributed by atoms with Gasteiger partial charge < -0.3 is 10.1 Å². The van der Waals surface area contributed by atoms with Gasteiger partial charge in [0.05, 0.1) is 16.9 Å². The van der Waals surface area contributed by atoms with E-state index in [0.29, 0.717) is 29.2 Å². The number of nitrogens with zero attached hydrogens (tertiary/aromatic N) is 2. The average Bonchev–Trinajstić information content (AvgIpc) is 2.97. The van der Waals surface area contributed by atoms with E-state index in [2.05, 4.69) is 10.3 Å². The first-order valence-electron chi connectivity index (χ1n) is 6.61. The summed E-state index contributed by atoms with van der Waals surface area (Å²) < 4.78 is 5.81. The van der Waals surface area contributed by atoms with Gasteiger partial charge in [-0.15, -0.1) is 0 Å². The Bertz CT molecular complexity index is 639. The number of nitrogens with one attached hydrogen (secondary N) is 1. The minimum absolute atomic E-state index is 0.0583. The quantitative estimate of drug-likeness (QED) is 0.682. The lowest BCUT2D eigenvalue weighted by atomic mass is 10.1. The summed E-state index contributed by atoms with van der Waals surface area (Å²) in [6.45, 7) is 2.59. The average molecular weight is 273 g/mol. The third-order valence-electron chi connectivity index (χ3n) is 3.54. The summed E-state index contributed by atoms with van der Waals surface area (Å²) in [6.07, 6.45) is 2.72. The fraction of sp³-hybridized carbons (Fsp3) is 0.357. The Labute approximate surface area is 115 Å². The van der Waals surface area contributed by atoms with E-state index in [1.54, 1.807) is 24.4 Å². The van der Waals surface area contributed by atoms with E-state index < -0.39 is 4.92 Å². The van der Waals surface area contributed by atoms with Gasteiger partial charge in [-0.1, -0.05) is 0 Å². The highest BCUT2D eigenvalue weighted by molar-refractivity contribution is 5.92. The number of fused-ring (bicyclic) bond motifs is 1. The van der Waals surface area contributed by atoms with Crippen molar-refractivity contribution in [3.8, 4) is 5.75 Å². The number of aromatic nitrogens is 1. The predicted molar refractivity (Wildman–Crippen MR) is 74.9 cm³/mol. The molecule has 0 aliphatic carbocycles. The van der Waals surface area contributed by atoms with Crippen LogP contribution in [0.2, 0.25) is 0 Å². The van der Waals surface area contributed by atoms with Crippen LogP contribution in [0.25, 0.3) is 10.9 Å². The molecule has 6 heteroatoms. The van der Waals surface area contributed by atoms with E-state index in [1.807, 2.05) is 0 Å². The highest BCUT2D eigenvalue weighted by Gasteiger charge is 2.18. The van der Waals surface area contributed by atoms with Crippen molar-refractivity contribution in [3.63, 3.8) is 0 Å². The second-order valence-corrected chi connectivity index (χ2v) is 4.91. The molecule has 2 heterocycles. The first-order valence-corrected chi connectivity index (χ1v) is 6.61. The molecule has 1 aromatic carbocycles. The van der Waals surface area contributed by atoms with Crippen LogP contribution >= 0.6 is 0 Å². The largest absolute Gasteiger partial charge is 0.491 e. The van der Waals surface area contributed by atoms with Crippen LogP contribution in [0.3, 0.4) is 0 Å². The van der Waals surface area contributed by atoms with Gasteiger partial charge in [-0.2, -0.15) is 0 Å². The molecule has 2 aromatic rings. The van der Waals surface area contributed by atoms with Crippen molar-refractivity contribution in [3.05, 3.63) is 40.6 Å². The van der Waals surface area contributed by atoms with Gasteiger partial charge in [-0.05, 0) is 31.2 Å². The fourth-order valence-electron chi connectivity index (χ4n) is 2.47. The second kappa shape index (κ2) is 5.42. The van der Waals surface area contributed by atoms with Crippen LogP contribution in [0.15, 0.2) is 30.5 Å². The predicted octanol–water partition coefficient (Wildman–Crippen LogP) is 2.13. The molecular formula is C14H15N3O3.